The zero-order valence-electron chi connectivity index (χ0n) is 10.4. The van der Waals surface area contributed by atoms with E-state index in [-0.39, 0.29) is 5.91 Å². The van der Waals surface area contributed by atoms with E-state index < -0.39 is 0 Å². The summed E-state index contributed by atoms with van der Waals surface area (Å²) in [5.41, 5.74) is 1.92. The summed E-state index contributed by atoms with van der Waals surface area (Å²) in [5, 5.41) is 0. The highest BCUT2D eigenvalue weighted by molar-refractivity contribution is 9.10. The molecule has 2 nitrogen and oxygen atoms in total. The van der Waals surface area contributed by atoms with Crippen LogP contribution in [0.3, 0.4) is 0 Å². The second-order valence-electron chi connectivity index (χ2n) is 4.95. The van der Waals surface area contributed by atoms with Gasteiger partial charge in [0, 0.05) is 23.6 Å². The van der Waals surface area contributed by atoms with Crippen molar-refractivity contribution in [3.05, 3.63) is 33.8 Å². The minimum atomic E-state index is 0.123. The van der Waals surface area contributed by atoms with Crippen LogP contribution in [0.25, 0.3) is 0 Å². The zero-order valence-corrected chi connectivity index (χ0v) is 12.0. The van der Waals surface area contributed by atoms with Crippen LogP contribution in [-0.4, -0.2) is 24.4 Å². The van der Waals surface area contributed by atoms with E-state index in [9.17, 15) is 4.79 Å². The zero-order chi connectivity index (χ0) is 12.4. The Morgan fingerprint density at radius 1 is 1.47 bits per heavy atom. The summed E-state index contributed by atoms with van der Waals surface area (Å²) in [6.45, 7) is 2.92. The number of hydrogen-bond donors (Lipinski definition) is 0. The Hall–Kier alpha value is -0.830. The number of carbonyl (C=O) groups excluding carboxylic acids is 1. The fourth-order valence-electron chi connectivity index (χ4n) is 2.09. The number of aryl methyl sites for hydroxylation is 1. The predicted molar refractivity (Wildman–Crippen MR) is 73.2 cm³/mol. The van der Waals surface area contributed by atoms with E-state index in [4.69, 9.17) is 0 Å². The molecule has 0 radical (unpaired) electrons. The molecule has 0 spiro atoms. The molecular weight excluding hydrogens is 278 g/mol. The van der Waals surface area contributed by atoms with Crippen LogP contribution in [0.5, 0.6) is 0 Å². The van der Waals surface area contributed by atoms with Gasteiger partial charge in [0.15, 0.2) is 0 Å². The molecule has 17 heavy (non-hydrogen) atoms. The van der Waals surface area contributed by atoms with E-state index in [1.807, 2.05) is 37.1 Å². The summed E-state index contributed by atoms with van der Waals surface area (Å²) in [6.07, 6.45) is 3.87. The molecule has 1 fully saturated rings. The second kappa shape index (κ2) is 5.21. The van der Waals surface area contributed by atoms with Crippen molar-refractivity contribution in [2.24, 2.45) is 5.92 Å². The van der Waals surface area contributed by atoms with E-state index in [1.54, 1.807) is 0 Å². The van der Waals surface area contributed by atoms with Crippen LogP contribution in [0.15, 0.2) is 22.7 Å². The van der Waals surface area contributed by atoms with Crippen LogP contribution in [0.1, 0.15) is 35.2 Å². The van der Waals surface area contributed by atoms with Gasteiger partial charge < -0.3 is 4.90 Å². The Balaban J connectivity index is 2.04. The molecule has 0 aliphatic heterocycles. The third-order valence-electron chi connectivity index (χ3n) is 3.52. The van der Waals surface area contributed by atoms with Crippen molar-refractivity contribution in [3.63, 3.8) is 0 Å². The van der Waals surface area contributed by atoms with Gasteiger partial charge in [0.2, 0.25) is 0 Å². The summed E-state index contributed by atoms with van der Waals surface area (Å²) in [5.74, 6) is 0.843. The van der Waals surface area contributed by atoms with Gasteiger partial charge in [0.05, 0.1) is 0 Å². The molecule has 0 heterocycles. The van der Waals surface area contributed by atoms with E-state index in [1.165, 1.54) is 19.3 Å². The largest absolute Gasteiger partial charge is 0.341 e. The molecule has 1 aliphatic rings. The minimum Gasteiger partial charge on any atom is -0.341 e. The van der Waals surface area contributed by atoms with Gasteiger partial charge in [0.1, 0.15) is 0 Å². The summed E-state index contributed by atoms with van der Waals surface area (Å²) in [4.78, 5) is 14.0. The Kier molecular flexibility index (Phi) is 3.87. The number of carbonyl (C=O) groups is 1. The molecule has 2 rings (SSSR count). The van der Waals surface area contributed by atoms with Gasteiger partial charge in [-0.05, 0) is 43.4 Å². The molecule has 1 aliphatic carbocycles. The molecule has 1 aromatic carbocycles. The summed E-state index contributed by atoms with van der Waals surface area (Å²) >= 11 is 3.47. The van der Waals surface area contributed by atoms with E-state index >= 15 is 0 Å². The first kappa shape index (κ1) is 12.6. The molecule has 0 saturated heterocycles. The number of benzene rings is 1. The van der Waals surface area contributed by atoms with Gasteiger partial charge in [0.25, 0.3) is 5.91 Å². The van der Waals surface area contributed by atoms with Crippen molar-refractivity contribution in [2.45, 2.75) is 26.2 Å². The minimum absolute atomic E-state index is 0.123. The quantitative estimate of drug-likeness (QED) is 0.834. The molecule has 3 heteroatoms. The lowest BCUT2D eigenvalue weighted by Crippen LogP contribution is -2.34. The van der Waals surface area contributed by atoms with Crippen molar-refractivity contribution in [3.8, 4) is 0 Å². The number of hydrogen-bond acceptors (Lipinski definition) is 1. The molecule has 1 aromatic rings. The Morgan fingerprint density at radius 3 is 2.71 bits per heavy atom. The maximum atomic E-state index is 12.2. The van der Waals surface area contributed by atoms with Crippen molar-refractivity contribution in [2.75, 3.05) is 13.6 Å². The molecule has 0 bridgehead atoms. The fraction of sp³-hybridized carbons (Fsp3) is 0.500. The van der Waals surface area contributed by atoms with Gasteiger partial charge in [-0.2, -0.15) is 0 Å². The van der Waals surface area contributed by atoms with Crippen molar-refractivity contribution in [1.29, 1.82) is 0 Å². The molecule has 1 amide bonds. The van der Waals surface area contributed by atoms with Crippen LogP contribution in [0, 0.1) is 12.8 Å². The van der Waals surface area contributed by atoms with Crippen molar-refractivity contribution >= 4 is 21.8 Å². The predicted octanol–water partition coefficient (Wildman–Crippen LogP) is 3.63. The summed E-state index contributed by atoms with van der Waals surface area (Å²) in [7, 11) is 1.90. The number of rotatable bonds is 3. The number of amides is 1. The molecule has 92 valence electrons. The standard InChI is InChI=1S/C14H18BrNO/c1-10-6-7-12(8-13(10)15)14(17)16(2)9-11-4-3-5-11/h6-8,11H,3-5,9H2,1-2H3. The molecule has 0 unspecified atom stereocenters. The van der Waals surface area contributed by atoms with Crippen LogP contribution in [0.2, 0.25) is 0 Å². The molecule has 1 saturated carbocycles. The lowest BCUT2D eigenvalue weighted by molar-refractivity contribution is 0.0745. The van der Waals surface area contributed by atoms with Crippen molar-refractivity contribution in [1.82, 2.24) is 4.90 Å². The molecule has 0 atom stereocenters. The third-order valence-corrected chi connectivity index (χ3v) is 4.38. The van der Waals surface area contributed by atoms with Crippen LogP contribution < -0.4 is 0 Å². The van der Waals surface area contributed by atoms with Gasteiger partial charge in [-0.15, -0.1) is 0 Å². The Bertz CT molecular complexity index is 426. The van der Waals surface area contributed by atoms with Gasteiger partial charge >= 0.3 is 0 Å². The number of nitrogens with zero attached hydrogens (tertiary/aromatic N) is 1. The number of halogens is 1. The van der Waals surface area contributed by atoms with Gasteiger partial charge in [-0.3, -0.25) is 4.79 Å². The third kappa shape index (κ3) is 2.89. The van der Waals surface area contributed by atoms with Crippen LogP contribution >= 0.6 is 15.9 Å². The fourth-order valence-corrected chi connectivity index (χ4v) is 2.47. The van der Waals surface area contributed by atoms with Crippen LogP contribution in [-0.2, 0) is 0 Å². The first-order valence-electron chi connectivity index (χ1n) is 6.09. The SMILES string of the molecule is Cc1ccc(C(=O)N(C)CC2CCC2)cc1Br. The van der Waals surface area contributed by atoms with E-state index in [0.717, 1.165) is 28.1 Å². The Morgan fingerprint density at radius 2 is 2.18 bits per heavy atom. The van der Waals surface area contributed by atoms with Gasteiger partial charge in [-0.25, -0.2) is 0 Å². The summed E-state index contributed by atoms with van der Waals surface area (Å²) < 4.78 is 1.00. The summed E-state index contributed by atoms with van der Waals surface area (Å²) in [6, 6.07) is 5.79. The molecule has 0 aromatic heterocycles. The Labute approximate surface area is 111 Å². The molecular formula is C14H18BrNO. The highest BCUT2D eigenvalue weighted by Gasteiger charge is 2.22. The lowest BCUT2D eigenvalue weighted by atomic mass is 9.85. The van der Waals surface area contributed by atoms with Crippen molar-refractivity contribution < 1.29 is 4.79 Å². The molecule has 0 N–H and O–H groups in total. The highest BCUT2D eigenvalue weighted by atomic mass is 79.9. The van der Waals surface area contributed by atoms with Gasteiger partial charge in [-0.1, -0.05) is 28.4 Å². The highest BCUT2D eigenvalue weighted by Crippen LogP contribution is 2.27. The average Bonchev–Trinajstić information content (AvgIpc) is 2.26. The first-order valence-corrected chi connectivity index (χ1v) is 6.89. The van der Waals surface area contributed by atoms with Crippen LogP contribution in [0.4, 0.5) is 0 Å². The lowest BCUT2D eigenvalue weighted by Gasteiger charge is -2.30. The maximum absolute atomic E-state index is 12.2. The van der Waals surface area contributed by atoms with E-state index in [2.05, 4.69) is 15.9 Å². The topological polar surface area (TPSA) is 20.3 Å². The monoisotopic (exact) mass is 295 g/mol. The van der Waals surface area contributed by atoms with E-state index in [0.29, 0.717) is 0 Å². The second-order valence-corrected chi connectivity index (χ2v) is 5.80. The average molecular weight is 296 g/mol. The smallest absolute Gasteiger partial charge is 0.253 e. The normalized spacial score (nSPS) is 15.5. The maximum Gasteiger partial charge on any atom is 0.253 e. The first-order chi connectivity index (χ1) is 8.08.